The standard InChI is InChI=1S/C51H97O10P/c1-3-5-7-9-11-13-15-17-19-21-23-25-27-29-31-33-35-37-39-41-43-51(55)61-49(47-60-62(56,57)59-45-48(53)44-52)46-58-50(54)42-40-38-36-34-32-30-28-26-24-22-20-18-16-14-12-10-8-6-4-2/h12,14,18,20,48-49,52-53H,3-11,13,15-17,19,21-47H2,1-2H3,(H,56,57)/b14-12+,20-18+/t48-,49+/m0/s1. The van der Waals surface area contributed by atoms with Gasteiger partial charge >= 0.3 is 19.8 Å². The molecule has 0 radical (unpaired) electrons. The quantitative estimate of drug-likeness (QED) is 0.0233. The van der Waals surface area contributed by atoms with Gasteiger partial charge in [0.25, 0.3) is 0 Å². The third-order valence-corrected chi connectivity index (χ3v) is 12.3. The summed E-state index contributed by atoms with van der Waals surface area (Å²) in [6, 6.07) is 0. The number of hydrogen-bond donors (Lipinski definition) is 3. The van der Waals surface area contributed by atoms with Crippen molar-refractivity contribution in [1.82, 2.24) is 0 Å². The Morgan fingerprint density at radius 3 is 1.27 bits per heavy atom. The van der Waals surface area contributed by atoms with Gasteiger partial charge in [0.1, 0.15) is 12.7 Å². The lowest BCUT2D eigenvalue weighted by Crippen LogP contribution is -2.29. The topological polar surface area (TPSA) is 149 Å². The summed E-state index contributed by atoms with van der Waals surface area (Å²) in [6.07, 6.45) is 50.0. The highest BCUT2D eigenvalue weighted by atomic mass is 31.2. The SMILES string of the molecule is CCCCC/C=C/C/C=C/CCCCCCCCCCCC(=O)OC[C@H](COP(=O)(O)OC[C@@H](O)CO)OC(=O)CCCCCCCCCCCCCCCCCCCCCC. The van der Waals surface area contributed by atoms with Gasteiger partial charge in [-0.15, -0.1) is 0 Å². The summed E-state index contributed by atoms with van der Waals surface area (Å²) in [5, 5.41) is 18.4. The molecule has 62 heavy (non-hydrogen) atoms. The average molecular weight is 901 g/mol. The van der Waals surface area contributed by atoms with Gasteiger partial charge in [-0.3, -0.25) is 18.6 Å². The number of rotatable bonds is 49. The van der Waals surface area contributed by atoms with Crippen LogP contribution < -0.4 is 0 Å². The minimum atomic E-state index is -4.62. The molecule has 0 saturated heterocycles. The second-order valence-corrected chi connectivity index (χ2v) is 19.0. The maximum absolute atomic E-state index is 12.7. The van der Waals surface area contributed by atoms with Crippen LogP contribution in [0.2, 0.25) is 0 Å². The van der Waals surface area contributed by atoms with Gasteiger partial charge in [0.2, 0.25) is 0 Å². The van der Waals surface area contributed by atoms with Crippen molar-refractivity contribution < 1.29 is 47.8 Å². The predicted molar refractivity (Wildman–Crippen MR) is 256 cm³/mol. The van der Waals surface area contributed by atoms with Gasteiger partial charge in [-0.05, 0) is 44.9 Å². The summed E-state index contributed by atoms with van der Waals surface area (Å²) in [5.41, 5.74) is 0. The number of carbonyl (C=O) groups is 2. The van der Waals surface area contributed by atoms with E-state index in [9.17, 15) is 24.2 Å². The molecule has 0 amide bonds. The van der Waals surface area contributed by atoms with E-state index in [-0.39, 0.29) is 19.4 Å². The minimum absolute atomic E-state index is 0.189. The highest BCUT2D eigenvalue weighted by molar-refractivity contribution is 7.47. The maximum atomic E-state index is 12.7. The number of phosphoric ester groups is 1. The molecule has 0 bridgehead atoms. The molecule has 0 aliphatic heterocycles. The maximum Gasteiger partial charge on any atom is 0.472 e. The zero-order valence-electron chi connectivity index (χ0n) is 40.1. The van der Waals surface area contributed by atoms with E-state index in [0.717, 1.165) is 51.4 Å². The summed E-state index contributed by atoms with van der Waals surface area (Å²) < 4.78 is 32.9. The second-order valence-electron chi connectivity index (χ2n) is 17.6. The van der Waals surface area contributed by atoms with Crippen LogP contribution in [0.3, 0.4) is 0 Å². The molecule has 10 nitrogen and oxygen atoms in total. The summed E-state index contributed by atoms with van der Waals surface area (Å²) in [4.78, 5) is 35.2. The van der Waals surface area contributed by atoms with E-state index in [4.69, 9.17) is 23.6 Å². The van der Waals surface area contributed by atoms with Crippen molar-refractivity contribution in [3.8, 4) is 0 Å². The van der Waals surface area contributed by atoms with Crippen molar-refractivity contribution in [3.05, 3.63) is 24.3 Å². The van der Waals surface area contributed by atoms with Crippen LogP contribution in [0.1, 0.15) is 251 Å². The molecular weight excluding hydrogens is 804 g/mol. The molecule has 0 heterocycles. The Bertz CT molecular complexity index is 1080. The van der Waals surface area contributed by atoms with Crippen LogP contribution in [0.25, 0.3) is 0 Å². The first kappa shape index (κ1) is 60.5. The largest absolute Gasteiger partial charge is 0.472 e. The van der Waals surface area contributed by atoms with Gasteiger partial charge in [-0.1, -0.05) is 218 Å². The molecule has 0 spiro atoms. The van der Waals surface area contributed by atoms with E-state index in [1.807, 2.05) is 0 Å². The molecule has 11 heteroatoms. The zero-order valence-corrected chi connectivity index (χ0v) is 41.0. The van der Waals surface area contributed by atoms with Crippen molar-refractivity contribution in [3.63, 3.8) is 0 Å². The number of carbonyl (C=O) groups excluding carboxylic acids is 2. The van der Waals surface area contributed by atoms with E-state index in [2.05, 4.69) is 38.2 Å². The minimum Gasteiger partial charge on any atom is -0.462 e. The summed E-state index contributed by atoms with van der Waals surface area (Å²) in [6.45, 7) is 2.41. The van der Waals surface area contributed by atoms with Crippen LogP contribution in [0.5, 0.6) is 0 Å². The lowest BCUT2D eigenvalue weighted by molar-refractivity contribution is -0.161. The van der Waals surface area contributed by atoms with Crippen molar-refractivity contribution in [2.45, 2.75) is 264 Å². The van der Waals surface area contributed by atoms with E-state index in [1.165, 1.54) is 161 Å². The fourth-order valence-electron chi connectivity index (χ4n) is 7.38. The zero-order chi connectivity index (χ0) is 45.5. The number of unbranched alkanes of at least 4 members (excludes halogenated alkanes) is 31. The van der Waals surface area contributed by atoms with Crippen LogP contribution in [0, 0.1) is 0 Å². The van der Waals surface area contributed by atoms with E-state index >= 15 is 0 Å². The highest BCUT2D eigenvalue weighted by Crippen LogP contribution is 2.43. The van der Waals surface area contributed by atoms with Crippen molar-refractivity contribution in [2.75, 3.05) is 26.4 Å². The molecule has 0 fully saturated rings. The van der Waals surface area contributed by atoms with Crippen LogP contribution in [0.4, 0.5) is 0 Å². The number of hydrogen-bond acceptors (Lipinski definition) is 9. The molecular formula is C51H97O10P. The van der Waals surface area contributed by atoms with Crippen LogP contribution in [-0.4, -0.2) is 65.7 Å². The number of phosphoric acid groups is 1. The summed E-state index contributed by atoms with van der Waals surface area (Å²) in [5.74, 6) is -0.915. The average Bonchev–Trinajstić information content (AvgIpc) is 3.26. The number of aliphatic hydroxyl groups excluding tert-OH is 2. The Morgan fingerprint density at radius 1 is 0.484 bits per heavy atom. The first-order valence-corrected chi connectivity index (χ1v) is 27.3. The molecule has 0 rings (SSSR count). The van der Waals surface area contributed by atoms with Crippen LogP contribution in [-0.2, 0) is 32.7 Å². The van der Waals surface area contributed by atoms with Crippen molar-refractivity contribution >= 4 is 19.8 Å². The Hall–Kier alpha value is -1.55. The molecule has 3 N–H and O–H groups in total. The van der Waals surface area contributed by atoms with Crippen LogP contribution >= 0.6 is 7.82 Å². The smallest absolute Gasteiger partial charge is 0.462 e. The summed E-state index contributed by atoms with van der Waals surface area (Å²) >= 11 is 0. The lowest BCUT2D eigenvalue weighted by Gasteiger charge is -2.20. The molecule has 0 saturated carbocycles. The second kappa shape index (κ2) is 47.4. The van der Waals surface area contributed by atoms with Gasteiger partial charge in [0, 0.05) is 12.8 Å². The third-order valence-electron chi connectivity index (χ3n) is 11.4. The van der Waals surface area contributed by atoms with Crippen LogP contribution in [0.15, 0.2) is 24.3 Å². The molecule has 0 aromatic rings. The van der Waals surface area contributed by atoms with Gasteiger partial charge in [-0.25, -0.2) is 4.57 Å². The van der Waals surface area contributed by atoms with E-state index < -0.39 is 51.8 Å². The fraction of sp³-hybridized carbons (Fsp3) is 0.882. The highest BCUT2D eigenvalue weighted by Gasteiger charge is 2.27. The first-order valence-electron chi connectivity index (χ1n) is 25.8. The fourth-order valence-corrected chi connectivity index (χ4v) is 8.17. The Labute approximate surface area is 380 Å². The molecule has 0 aromatic carbocycles. The molecule has 0 aliphatic carbocycles. The van der Waals surface area contributed by atoms with Crippen molar-refractivity contribution in [2.24, 2.45) is 0 Å². The number of esters is 2. The predicted octanol–water partition coefficient (Wildman–Crippen LogP) is 14.5. The number of ether oxygens (including phenoxy) is 2. The Kier molecular flexibility index (Phi) is 46.2. The molecule has 0 aliphatic rings. The third kappa shape index (κ3) is 46.4. The molecule has 0 aromatic heterocycles. The van der Waals surface area contributed by atoms with E-state index in [1.54, 1.807) is 0 Å². The van der Waals surface area contributed by atoms with Gasteiger partial charge in [0.15, 0.2) is 6.10 Å². The van der Waals surface area contributed by atoms with Gasteiger partial charge < -0.3 is 24.6 Å². The number of aliphatic hydroxyl groups is 2. The van der Waals surface area contributed by atoms with Gasteiger partial charge in [0.05, 0.1) is 19.8 Å². The molecule has 366 valence electrons. The van der Waals surface area contributed by atoms with E-state index in [0.29, 0.717) is 12.8 Å². The Morgan fingerprint density at radius 2 is 0.839 bits per heavy atom. The molecule has 3 atom stereocenters. The Balaban J connectivity index is 4.15. The normalized spacial score (nSPS) is 13.8. The lowest BCUT2D eigenvalue weighted by atomic mass is 10.0. The summed E-state index contributed by atoms with van der Waals surface area (Å²) in [7, 11) is -4.62. The first-order chi connectivity index (χ1) is 30.2. The van der Waals surface area contributed by atoms with Crippen molar-refractivity contribution in [1.29, 1.82) is 0 Å². The monoisotopic (exact) mass is 901 g/mol. The number of allylic oxidation sites excluding steroid dienone is 4. The molecule has 1 unspecified atom stereocenters. The van der Waals surface area contributed by atoms with Gasteiger partial charge in [-0.2, -0.15) is 0 Å².